The number of hydrogen-bond acceptors (Lipinski definition) is 3. The molecule has 24 heavy (non-hydrogen) atoms. The van der Waals surface area contributed by atoms with E-state index in [1.165, 1.54) is 24.3 Å². The highest BCUT2D eigenvalue weighted by Gasteiger charge is 2.17. The highest BCUT2D eigenvalue weighted by Crippen LogP contribution is 2.24. The molecule has 3 rings (SSSR count). The summed E-state index contributed by atoms with van der Waals surface area (Å²) in [5, 5.41) is 12.8. The summed E-state index contributed by atoms with van der Waals surface area (Å²) in [6, 6.07) is 19.1. The van der Waals surface area contributed by atoms with Gasteiger partial charge in [0.05, 0.1) is 11.0 Å². The van der Waals surface area contributed by atoms with Gasteiger partial charge < -0.3 is 5.11 Å². The average Bonchev–Trinajstić information content (AvgIpc) is 2.59. The van der Waals surface area contributed by atoms with Crippen molar-refractivity contribution in [3.05, 3.63) is 77.3 Å². The Balaban J connectivity index is 1.79. The molecule has 1 unspecified atom stereocenters. The fraction of sp³-hybridized carbons (Fsp3) is 0.111. The third kappa shape index (κ3) is 3.60. The van der Waals surface area contributed by atoms with E-state index < -0.39 is 16.1 Å². The second-order valence-corrected chi connectivity index (χ2v) is 7.59. The molecule has 0 saturated heterocycles. The summed E-state index contributed by atoms with van der Waals surface area (Å²) in [6.07, 6.45) is -0.946. The zero-order valence-electron chi connectivity index (χ0n) is 12.7. The van der Waals surface area contributed by atoms with Crippen molar-refractivity contribution in [1.82, 2.24) is 4.72 Å². The lowest BCUT2D eigenvalue weighted by atomic mass is 10.0. The minimum absolute atomic E-state index is 0.108. The van der Waals surface area contributed by atoms with Gasteiger partial charge in [-0.15, -0.1) is 0 Å². The van der Waals surface area contributed by atoms with Gasteiger partial charge >= 0.3 is 0 Å². The lowest BCUT2D eigenvalue weighted by Gasteiger charge is -2.15. The van der Waals surface area contributed by atoms with E-state index in [0.29, 0.717) is 10.6 Å². The molecule has 0 aromatic heterocycles. The van der Waals surface area contributed by atoms with Gasteiger partial charge in [-0.3, -0.25) is 0 Å². The molecule has 0 radical (unpaired) electrons. The van der Waals surface area contributed by atoms with E-state index in [2.05, 4.69) is 4.72 Å². The first-order valence-corrected chi connectivity index (χ1v) is 9.24. The first kappa shape index (κ1) is 16.9. The van der Waals surface area contributed by atoms with Gasteiger partial charge in [-0.25, -0.2) is 13.1 Å². The second-order valence-electron chi connectivity index (χ2n) is 5.39. The SMILES string of the molecule is O=S(=O)(NCC(O)c1cccc2ccccc12)c1ccc(Cl)cc1. The van der Waals surface area contributed by atoms with Crippen LogP contribution in [0.5, 0.6) is 0 Å². The van der Waals surface area contributed by atoms with Crippen molar-refractivity contribution in [3.8, 4) is 0 Å². The van der Waals surface area contributed by atoms with Gasteiger partial charge in [0.1, 0.15) is 0 Å². The minimum atomic E-state index is -3.70. The molecule has 0 amide bonds. The van der Waals surface area contributed by atoms with E-state index in [-0.39, 0.29) is 11.4 Å². The molecule has 0 aliphatic carbocycles. The number of halogens is 1. The fourth-order valence-corrected chi connectivity index (χ4v) is 3.70. The normalized spacial score (nSPS) is 13.1. The average molecular weight is 362 g/mol. The third-order valence-corrected chi connectivity index (χ3v) is 5.46. The van der Waals surface area contributed by atoms with Gasteiger partial charge in [0, 0.05) is 11.6 Å². The zero-order chi connectivity index (χ0) is 17.2. The van der Waals surface area contributed by atoms with Gasteiger partial charge in [-0.1, -0.05) is 54.1 Å². The number of rotatable bonds is 5. The largest absolute Gasteiger partial charge is 0.387 e. The Morgan fingerprint density at radius 1 is 0.958 bits per heavy atom. The Kier molecular flexibility index (Phi) is 4.87. The maximum absolute atomic E-state index is 12.3. The molecule has 124 valence electrons. The van der Waals surface area contributed by atoms with Crippen molar-refractivity contribution in [2.45, 2.75) is 11.0 Å². The lowest BCUT2D eigenvalue weighted by Crippen LogP contribution is -2.28. The number of fused-ring (bicyclic) bond motifs is 1. The van der Waals surface area contributed by atoms with E-state index in [0.717, 1.165) is 10.8 Å². The Hall–Kier alpha value is -1.92. The van der Waals surface area contributed by atoms with Crippen molar-refractivity contribution < 1.29 is 13.5 Å². The van der Waals surface area contributed by atoms with Gasteiger partial charge in [-0.05, 0) is 40.6 Å². The van der Waals surface area contributed by atoms with Crippen LogP contribution in [0, 0.1) is 0 Å². The predicted octanol–water partition coefficient (Wildman–Crippen LogP) is 3.51. The summed E-state index contributed by atoms with van der Waals surface area (Å²) in [6.45, 7) is -0.112. The van der Waals surface area contributed by atoms with Gasteiger partial charge in [0.15, 0.2) is 0 Å². The first-order valence-electron chi connectivity index (χ1n) is 7.38. The first-order chi connectivity index (χ1) is 11.5. The van der Waals surface area contributed by atoms with Crippen LogP contribution in [0.2, 0.25) is 5.02 Å². The Labute approximate surface area is 145 Å². The molecule has 4 nitrogen and oxygen atoms in total. The third-order valence-electron chi connectivity index (χ3n) is 3.77. The number of hydrogen-bond donors (Lipinski definition) is 2. The molecule has 0 aliphatic rings. The van der Waals surface area contributed by atoms with Gasteiger partial charge in [0.25, 0.3) is 0 Å². The molecule has 0 fully saturated rings. The summed E-state index contributed by atoms with van der Waals surface area (Å²) in [4.78, 5) is 0.108. The number of nitrogens with one attached hydrogen (secondary N) is 1. The van der Waals surface area contributed by atoms with Crippen molar-refractivity contribution in [2.75, 3.05) is 6.54 Å². The molecule has 0 saturated carbocycles. The van der Waals surface area contributed by atoms with Crippen molar-refractivity contribution in [2.24, 2.45) is 0 Å². The molecule has 3 aromatic rings. The van der Waals surface area contributed by atoms with Gasteiger partial charge in [-0.2, -0.15) is 0 Å². The van der Waals surface area contributed by atoms with Crippen LogP contribution in [0.15, 0.2) is 71.6 Å². The van der Waals surface area contributed by atoms with E-state index in [9.17, 15) is 13.5 Å². The van der Waals surface area contributed by atoms with Crippen LogP contribution in [0.25, 0.3) is 10.8 Å². The highest BCUT2D eigenvalue weighted by atomic mass is 35.5. The molecule has 3 aromatic carbocycles. The molecular weight excluding hydrogens is 346 g/mol. The monoisotopic (exact) mass is 361 g/mol. The maximum Gasteiger partial charge on any atom is 0.240 e. The van der Waals surface area contributed by atoms with Crippen LogP contribution in [0.3, 0.4) is 0 Å². The van der Waals surface area contributed by atoms with Crippen molar-refractivity contribution in [3.63, 3.8) is 0 Å². The summed E-state index contributed by atoms with van der Waals surface area (Å²) < 4.78 is 27.0. The molecule has 0 heterocycles. The van der Waals surface area contributed by atoms with Crippen LogP contribution >= 0.6 is 11.6 Å². The molecule has 6 heteroatoms. The van der Waals surface area contributed by atoms with E-state index in [4.69, 9.17) is 11.6 Å². The maximum atomic E-state index is 12.3. The molecule has 0 aliphatic heterocycles. The fourth-order valence-electron chi connectivity index (χ4n) is 2.54. The molecule has 0 bridgehead atoms. The molecule has 0 spiro atoms. The Bertz CT molecular complexity index is 950. The van der Waals surface area contributed by atoms with Crippen LogP contribution in [-0.2, 0) is 10.0 Å². The summed E-state index contributed by atoms with van der Waals surface area (Å²) in [5.41, 5.74) is 0.687. The molecule has 1 atom stereocenters. The topological polar surface area (TPSA) is 66.4 Å². The number of sulfonamides is 1. The predicted molar refractivity (Wildman–Crippen MR) is 95.5 cm³/mol. The standard InChI is InChI=1S/C18H16ClNO3S/c19-14-8-10-15(11-9-14)24(22,23)20-12-18(21)17-7-3-5-13-4-1-2-6-16(13)17/h1-11,18,20-21H,12H2. The van der Waals surface area contributed by atoms with E-state index >= 15 is 0 Å². The van der Waals surface area contributed by atoms with E-state index in [1.807, 2.05) is 36.4 Å². The summed E-state index contributed by atoms with van der Waals surface area (Å²) in [5.74, 6) is 0. The Morgan fingerprint density at radius 3 is 2.38 bits per heavy atom. The van der Waals surface area contributed by atoms with Crippen LogP contribution in [0.1, 0.15) is 11.7 Å². The zero-order valence-corrected chi connectivity index (χ0v) is 14.3. The molecular formula is C18H16ClNO3S. The summed E-state index contributed by atoms with van der Waals surface area (Å²) >= 11 is 5.77. The number of benzene rings is 3. The summed E-state index contributed by atoms with van der Waals surface area (Å²) in [7, 11) is -3.70. The second kappa shape index (κ2) is 6.91. The van der Waals surface area contributed by atoms with Crippen LogP contribution < -0.4 is 4.72 Å². The minimum Gasteiger partial charge on any atom is -0.387 e. The van der Waals surface area contributed by atoms with Crippen molar-refractivity contribution in [1.29, 1.82) is 0 Å². The smallest absolute Gasteiger partial charge is 0.240 e. The molecule has 2 N–H and O–H groups in total. The van der Waals surface area contributed by atoms with Crippen molar-refractivity contribution >= 4 is 32.4 Å². The van der Waals surface area contributed by atoms with Crippen LogP contribution in [-0.4, -0.2) is 20.1 Å². The van der Waals surface area contributed by atoms with Gasteiger partial charge in [0.2, 0.25) is 10.0 Å². The Morgan fingerprint density at radius 2 is 1.62 bits per heavy atom. The van der Waals surface area contributed by atoms with Crippen LogP contribution in [0.4, 0.5) is 0 Å². The quantitative estimate of drug-likeness (QED) is 0.730. The van der Waals surface area contributed by atoms with E-state index in [1.54, 1.807) is 6.07 Å². The highest BCUT2D eigenvalue weighted by molar-refractivity contribution is 7.89. The number of aliphatic hydroxyl groups is 1. The lowest BCUT2D eigenvalue weighted by molar-refractivity contribution is 0.183. The number of aliphatic hydroxyl groups excluding tert-OH is 1.